The highest BCUT2D eigenvalue weighted by atomic mass is 32.1. The fraction of sp³-hybridized carbons (Fsp3) is 0.727. The Morgan fingerprint density at radius 1 is 1.53 bits per heavy atom. The Bertz CT molecular complexity index is 349. The molecule has 6 heteroatoms. The highest BCUT2D eigenvalue weighted by molar-refractivity contribution is 7.80. The Hall–Kier alpha value is -1.01. The van der Waals surface area contributed by atoms with Gasteiger partial charge >= 0.3 is 0 Å². The summed E-state index contributed by atoms with van der Waals surface area (Å²) in [5.41, 5.74) is 5.52. The van der Waals surface area contributed by atoms with Crippen LogP contribution in [0.1, 0.15) is 32.5 Å². The van der Waals surface area contributed by atoms with E-state index in [0.29, 0.717) is 4.99 Å². The lowest BCUT2D eigenvalue weighted by Gasteiger charge is -2.19. The summed E-state index contributed by atoms with van der Waals surface area (Å²) in [6, 6.07) is 0. The van der Waals surface area contributed by atoms with Crippen LogP contribution in [0.5, 0.6) is 0 Å². The lowest BCUT2D eigenvalue weighted by molar-refractivity contribution is 0.274. The summed E-state index contributed by atoms with van der Waals surface area (Å²) in [6.45, 7) is 7.82. The lowest BCUT2D eigenvalue weighted by atomic mass is 10.3. The number of thiocarbonyl (C=S) groups is 1. The van der Waals surface area contributed by atoms with Crippen LogP contribution < -0.4 is 5.73 Å². The van der Waals surface area contributed by atoms with Gasteiger partial charge in [0.1, 0.15) is 12.2 Å². The predicted molar refractivity (Wildman–Crippen MR) is 72.7 cm³/mol. The molecule has 0 atom stereocenters. The van der Waals surface area contributed by atoms with Gasteiger partial charge in [0, 0.05) is 19.5 Å². The summed E-state index contributed by atoms with van der Waals surface area (Å²) in [7, 11) is 0. The summed E-state index contributed by atoms with van der Waals surface area (Å²) >= 11 is 4.90. The Balaban J connectivity index is 2.54. The smallest absolute Gasteiger partial charge is 0.141 e. The average Bonchev–Trinajstić information content (AvgIpc) is 2.72. The van der Waals surface area contributed by atoms with E-state index in [4.69, 9.17) is 18.0 Å². The Morgan fingerprint density at radius 2 is 2.29 bits per heavy atom. The second-order valence-electron chi connectivity index (χ2n) is 3.98. The van der Waals surface area contributed by atoms with Crippen LogP contribution in [0.15, 0.2) is 6.33 Å². The summed E-state index contributed by atoms with van der Waals surface area (Å²) in [5, 5.41) is 4.22. The molecule has 1 aromatic rings. The number of aromatic nitrogens is 3. The first-order chi connectivity index (χ1) is 8.17. The van der Waals surface area contributed by atoms with E-state index in [2.05, 4.69) is 28.8 Å². The Kier molecular flexibility index (Phi) is 6.07. The molecule has 1 heterocycles. The van der Waals surface area contributed by atoms with E-state index in [1.54, 1.807) is 6.33 Å². The van der Waals surface area contributed by atoms with Crippen LogP contribution in [0.25, 0.3) is 0 Å². The van der Waals surface area contributed by atoms with E-state index >= 15 is 0 Å². The molecule has 0 aliphatic heterocycles. The minimum atomic E-state index is 0.568. The number of nitrogens with zero attached hydrogens (tertiary/aromatic N) is 4. The quantitative estimate of drug-likeness (QED) is 0.707. The fourth-order valence-corrected chi connectivity index (χ4v) is 1.72. The molecule has 0 amide bonds. The molecule has 0 fully saturated rings. The third kappa shape index (κ3) is 4.79. The molecule has 0 unspecified atom stereocenters. The normalized spacial score (nSPS) is 11.0. The molecule has 0 bridgehead atoms. The monoisotopic (exact) mass is 255 g/mol. The van der Waals surface area contributed by atoms with Crippen molar-refractivity contribution in [1.29, 1.82) is 0 Å². The molecule has 0 radical (unpaired) electrons. The molecule has 0 spiro atoms. The van der Waals surface area contributed by atoms with Crippen molar-refractivity contribution in [2.45, 2.75) is 39.8 Å². The minimum absolute atomic E-state index is 0.568. The molecule has 0 saturated heterocycles. The molecular formula is C11H21N5S. The molecule has 2 N–H and O–H groups in total. The molecule has 96 valence electrons. The molecular weight excluding hydrogens is 234 g/mol. The second kappa shape index (κ2) is 7.34. The van der Waals surface area contributed by atoms with Crippen LogP contribution in [0, 0.1) is 0 Å². The zero-order valence-electron chi connectivity index (χ0n) is 10.6. The summed E-state index contributed by atoms with van der Waals surface area (Å²) in [4.78, 5) is 7.14. The van der Waals surface area contributed by atoms with Crippen molar-refractivity contribution in [1.82, 2.24) is 19.7 Å². The Labute approximate surface area is 108 Å². The van der Waals surface area contributed by atoms with Gasteiger partial charge in [0.25, 0.3) is 0 Å². The van der Waals surface area contributed by atoms with Gasteiger partial charge in [-0.2, -0.15) is 5.10 Å². The molecule has 0 aliphatic carbocycles. The zero-order valence-corrected chi connectivity index (χ0v) is 11.4. The van der Waals surface area contributed by atoms with Gasteiger partial charge in [0.15, 0.2) is 0 Å². The topological polar surface area (TPSA) is 60.0 Å². The molecule has 0 aromatic carbocycles. The number of hydrogen-bond acceptors (Lipinski definition) is 4. The van der Waals surface area contributed by atoms with Gasteiger partial charge in [-0.1, -0.05) is 26.1 Å². The van der Waals surface area contributed by atoms with E-state index in [0.717, 1.165) is 44.8 Å². The Morgan fingerprint density at radius 3 is 2.88 bits per heavy atom. The molecule has 0 aliphatic rings. The fourth-order valence-electron chi connectivity index (χ4n) is 1.63. The zero-order chi connectivity index (χ0) is 12.7. The maximum absolute atomic E-state index is 5.52. The number of aryl methyl sites for hydroxylation is 1. The predicted octanol–water partition coefficient (Wildman–Crippen LogP) is 1.19. The summed E-state index contributed by atoms with van der Waals surface area (Å²) in [6.07, 6.45) is 3.44. The third-order valence-corrected chi connectivity index (χ3v) is 2.82. The van der Waals surface area contributed by atoms with Crippen LogP contribution in [-0.2, 0) is 13.1 Å². The van der Waals surface area contributed by atoms with Crippen molar-refractivity contribution in [3.8, 4) is 0 Å². The van der Waals surface area contributed by atoms with E-state index in [1.165, 1.54) is 0 Å². The van der Waals surface area contributed by atoms with E-state index in [-0.39, 0.29) is 0 Å². The summed E-state index contributed by atoms with van der Waals surface area (Å²) < 4.78 is 1.96. The first kappa shape index (κ1) is 14.1. The van der Waals surface area contributed by atoms with Gasteiger partial charge in [-0.05, 0) is 13.0 Å². The first-order valence-electron chi connectivity index (χ1n) is 6.04. The first-order valence-corrected chi connectivity index (χ1v) is 6.45. The largest absolute Gasteiger partial charge is 0.393 e. The average molecular weight is 255 g/mol. The van der Waals surface area contributed by atoms with Gasteiger partial charge in [-0.25, -0.2) is 9.67 Å². The van der Waals surface area contributed by atoms with Gasteiger partial charge in [0.05, 0.1) is 11.5 Å². The molecule has 0 saturated carbocycles. The highest BCUT2D eigenvalue weighted by Crippen LogP contribution is 2.03. The molecule has 5 nitrogen and oxygen atoms in total. The second-order valence-corrected chi connectivity index (χ2v) is 4.51. The van der Waals surface area contributed by atoms with Crippen LogP contribution in [0.2, 0.25) is 0 Å². The van der Waals surface area contributed by atoms with Gasteiger partial charge in [0.2, 0.25) is 0 Å². The van der Waals surface area contributed by atoms with Crippen molar-refractivity contribution >= 4 is 17.2 Å². The van der Waals surface area contributed by atoms with Gasteiger partial charge in [-0.3, -0.25) is 4.90 Å². The van der Waals surface area contributed by atoms with Crippen LogP contribution >= 0.6 is 12.2 Å². The number of rotatable bonds is 8. The van der Waals surface area contributed by atoms with E-state index < -0.39 is 0 Å². The third-order valence-electron chi connectivity index (χ3n) is 2.62. The van der Waals surface area contributed by atoms with Crippen molar-refractivity contribution in [3.05, 3.63) is 12.2 Å². The van der Waals surface area contributed by atoms with E-state index in [1.807, 2.05) is 4.68 Å². The number of nitrogens with two attached hydrogens (primary N) is 1. The van der Waals surface area contributed by atoms with Crippen LogP contribution in [0.3, 0.4) is 0 Å². The minimum Gasteiger partial charge on any atom is -0.393 e. The van der Waals surface area contributed by atoms with Crippen LogP contribution in [-0.4, -0.2) is 37.7 Å². The molecule has 1 rings (SSSR count). The van der Waals surface area contributed by atoms with Crippen molar-refractivity contribution < 1.29 is 0 Å². The molecule has 1 aromatic heterocycles. The highest BCUT2D eigenvalue weighted by Gasteiger charge is 2.09. The van der Waals surface area contributed by atoms with E-state index in [9.17, 15) is 0 Å². The summed E-state index contributed by atoms with van der Waals surface area (Å²) in [5.74, 6) is 1.01. The van der Waals surface area contributed by atoms with Crippen molar-refractivity contribution in [3.63, 3.8) is 0 Å². The lowest BCUT2D eigenvalue weighted by Crippen LogP contribution is -2.28. The molecule has 17 heavy (non-hydrogen) atoms. The van der Waals surface area contributed by atoms with Crippen molar-refractivity contribution in [2.24, 2.45) is 5.73 Å². The van der Waals surface area contributed by atoms with Crippen LogP contribution in [0.4, 0.5) is 0 Å². The maximum Gasteiger partial charge on any atom is 0.141 e. The van der Waals surface area contributed by atoms with Crippen molar-refractivity contribution in [2.75, 3.05) is 13.1 Å². The maximum atomic E-state index is 5.52. The number of hydrogen-bond donors (Lipinski definition) is 1. The SMILES string of the molecule is CCCn1ncnc1CN(CC)CCC(N)=S. The standard InChI is InChI=1S/C11H21N5S/c1-3-6-16-11(13-9-14-16)8-15(4-2)7-5-10(12)17/h9H,3-8H2,1-2H3,(H2,12,17). The van der Waals surface area contributed by atoms with Gasteiger partial charge in [-0.15, -0.1) is 0 Å². The van der Waals surface area contributed by atoms with Gasteiger partial charge < -0.3 is 5.73 Å².